The van der Waals surface area contributed by atoms with Crippen LogP contribution in [0.2, 0.25) is 0 Å². The van der Waals surface area contributed by atoms with Crippen LogP contribution < -0.4 is 24.8 Å². The van der Waals surface area contributed by atoms with E-state index < -0.39 is 16.1 Å². The molecule has 2 rings (SSSR count). The van der Waals surface area contributed by atoms with Crippen LogP contribution >= 0.6 is 12.4 Å². The van der Waals surface area contributed by atoms with Crippen molar-refractivity contribution in [2.45, 2.75) is 31.7 Å². The molecule has 3 N–H and O–H groups in total. The van der Waals surface area contributed by atoms with Gasteiger partial charge in [0.2, 0.25) is 10.0 Å². The van der Waals surface area contributed by atoms with Crippen LogP contribution in [0.4, 0.5) is 4.79 Å². The number of urea groups is 1. The molecule has 0 aliphatic rings. The number of rotatable bonds is 9. The van der Waals surface area contributed by atoms with Gasteiger partial charge in [0.15, 0.2) is 0 Å². The summed E-state index contributed by atoms with van der Waals surface area (Å²) in [6, 6.07) is 9.83. The molecule has 0 aliphatic heterocycles. The van der Waals surface area contributed by atoms with E-state index in [4.69, 9.17) is 9.47 Å². The number of ether oxygens (including phenoxy) is 2. The lowest BCUT2D eigenvalue weighted by Gasteiger charge is -2.18. The largest absolute Gasteiger partial charge is 0.497 e. The third kappa shape index (κ3) is 7.30. The van der Waals surface area contributed by atoms with E-state index in [2.05, 4.69) is 15.4 Å². The average molecular weight is 472 g/mol. The van der Waals surface area contributed by atoms with Crippen molar-refractivity contribution >= 4 is 28.5 Å². The van der Waals surface area contributed by atoms with Crippen LogP contribution in [0.15, 0.2) is 41.3 Å². The van der Waals surface area contributed by atoms with Crippen molar-refractivity contribution in [3.05, 3.63) is 53.1 Å². The van der Waals surface area contributed by atoms with Gasteiger partial charge in [-0.05, 0) is 56.2 Å². The zero-order valence-electron chi connectivity index (χ0n) is 18.3. The number of benzene rings is 2. The minimum Gasteiger partial charge on any atom is -0.497 e. The van der Waals surface area contributed by atoms with Gasteiger partial charge in [-0.1, -0.05) is 12.1 Å². The maximum atomic E-state index is 12.5. The van der Waals surface area contributed by atoms with E-state index >= 15 is 0 Å². The first-order valence-electron chi connectivity index (χ1n) is 9.51. The monoisotopic (exact) mass is 471 g/mol. The number of methoxy groups -OCH3 is 2. The van der Waals surface area contributed by atoms with E-state index in [-0.39, 0.29) is 36.4 Å². The number of halogens is 1. The molecule has 0 spiro atoms. The molecule has 0 fully saturated rings. The topological polar surface area (TPSA) is 106 Å². The van der Waals surface area contributed by atoms with Gasteiger partial charge in [0.1, 0.15) is 11.5 Å². The second-order valence-electron chi connectivity index (χ2n) is 6.90. The molecule has 0 radical (unpaired) electrons. The lowest BCUT2D eigenvalue weighted by molar-refractivity contribution is 0.238. The van der Waals surface area contributed by atoms with Crippen LogP contribution in [0.3, 0.4) is 0 Å². The molecule has 8 nitrogen and oxygen atoms in total. The van der Waals surface area contributed by atoms with Crippen molar-refractivity contribution < 1.29 is 22.7 Å². The standard InChI is InChI=1S/C21H29N3O5S.ClH/c1-14-6-7-15(2)20(12-14)30(26,27)23-11-10-22-21(25)24-16(3)18-13-17(28-4)8-9-19(18)29-5;/h6-9,12-13,16,23H,10-11H2,1-5H3,(H2,22,24,25);1H. The summed E-state index contributed by atoms with van der Waals surface area (Å²) in [4.78, 5) is 12.4. The fourth-order valence-corrected chi connectivity index (χ4v) is 4.30. The molecule has 2 amide bonds. The Morgan fingerprint density at radius 2 is 1.74 bits per heavy atom. The molecular formula is C21H30ClN3O5S. The summed E-state index contributed by atoms with van der Waals surface area (Å²) in [5.74, 6) is 1.28. The van der Waals surface area contributed by atoms with E-state index in [0.29, 0.717) is 17.1 Å². The second kappa shape index (κ2) is 11.8. The van der Waals surface area contributed by atoms with Crippen LogP contribution in [-0.4, -0.2) is 41.8 Å². The first-order valence-corrected chi connectivity index (χ1v) is 11.0. The van der Waals surface area contributed by atoms with Gasteiger partial charge in [-0.3, -0.25) is 0 Å². The third-order valence-electron chi connectivity index (χ3n) is 4.59. The van der Waals surface area contributed by atoms with Gasteiger partial charge < -0.3 is 20.1 Å². The molecule has 1 unspecified atom stereocenters. The lowest BCUT2D eigenvalue weighted by atomic mass is 10.1. The Morgan fingerprint density at radius 3 is 2.39 bits per heavy atom. The highest BCUT2D eigenvalue weighted by Crippen LogP contribution is 2.29. The zero-order chi connectivity index (χ0) is 22.3. The van der Waals surface area contributed by atoms with Crippen molar-refractivity contribution in [3.63, 3.8) is 0 Å². The Labute approximate surface area is 190 Å². The zero-order valence-corrected chi connectivity index (χ0v) is 19.9. The number of hydrogen-bond acceptors (Lipinski definition) is 5. The van der Waals surface area contributed by atoms with Crippen LogP contribution in [0, 0.1) is 13.8 Å². The molecule has 172 valence electrons. The van der Waals surface area contributed by atoms with E-state index in [1.807, 2.05) is 19.9 Å². The van der Waals surface area contributed by atoms with Crippen molar-refractivity contribution in [3.8, 4) is 11.5 Å². The molecule has 2 aromatic carbocycles. The van der Waals surface area contributed by atoms with Crippen molar-refractivity contribution in [2.75, 3.05) is 27.3 Å². The molecular weight excluding hydrogens is 442 g/mol. The van der Waals surface area contributed by atoms with Crippen molar-refractivity contribution in [2.24, 2.45) is 0 Å². The van der Waals surface area contributed by atoms with Gasteiger partial charge in [0.25, 0.3) is 0 Å². The number of carbonyl (C=O) groups excluding carboxylic acids is 1. The molecule has 2 aromatic rings. The first kappa shape index (κ1) is 26.5. The number of nitrogens with one attached hydrogen (secondary N) is 3. The Balaban J connectivity index is 0.00000480. The summed E-state index contributed by atoms with van der Waals surface area (Å²) >= 11 is 0. The van der Waals surface area contributed by atoms with Gasteiger partial charge in [0.05, 0.1) is 25.2 Å². The maximum Gasteiger partial charge on any atom is 0.315 e. The smallest absolute Gasteiger partial charge is 0.315 e. The maximum absolute atomic E-state index is 12.5. The fraction of sp³-hybridized carbons (Fsp3) is 0.381. The van der Waals surface area contributed by atoms with Gasteiger partial charge in [-0.25, -0.2) is 17.9 Å². The molecule has 0 bridgehead atoms. The summed E-state index contributed by atoms with van der Waals surface area (Å²) in [6.45, 7) is 5.61. The summed E-state index contributed by atoms with van der Waals surface area (Å²) in [6.07, 6.45) is 0. The van der Waals surface area contributed by atoms with Crippen LogP contribution in [0.5, 0.6) is 11.5 Å². The van der Waals surface area contributed by atoms with Crippen molar-refractivity contribution in [1.29, 1.82) is 0 Å². The van der Waals surface area contributed by atoms with Crippen LogP contribution in [0.25, 0.3) is 0 Å². The van der Waals surface area contributed by atoms with E-state index in [0.717, 1.165) is 11.1 Å². The quantitative estimate of drug-likeness (QED) is 0.487. The Kier molecular flexibility index (Phi) is 10.1. The highest BCUT2D eigenvalue weighted by Gasteiger charge is 2.17. The SMILES string of the molecule is COc1ccc(OC)c(C(C)NC(=O)NCCNS(=O)(=O)c2cc(C)ccc2C)c1.Cl. The number of aryl methyl sites for hydroxylation is 2. The molecule has 0 heterocycles. The van der Waals surface area contributed by atoms with Gasteiger partial charge >= 0.3 is 6.03 Å². The Morgan fingerprint density at radius 1 is 1.03 bits per heavy atom. The van der Waals surface area contributed by atoms with E-state index in [9.17, 15) is 13.2 Å². The average Bonchev–Trinajstić information content (AvgIpc) is 2.72. The molecule has 0 saturated carbocycles. The van der Waals surface area contributed by atoms with Crippen molar-refractivity contribution in [1.82, 2.24) is 15.4 Å². The van der Waals surface area contributed by atoms with E-state index in [1.165, 1.54) is 0 Å². The minimum absolute atomic E-state index is 0. The predicted octanol–water partition coefficient (Wildman–Crippen LogP) is 3.08. The van der Waals surface area contributed by atoms with E-state index in [1.54, 1.807) is 51.5 Å². The van der Waals surface area contributed by atoms with Gasteiger partial charge in [0, 0.05) is 18.7 Å². The Hall–Kier alpha value is -2.49. The lowest BCUT2D eigenvalue weighted by Crippen LogP contribution is -2.41. The highest BCUT2D eigenvalue weighted by atomic mass is 35.5. The molecule has 1 atom stereocenters. The number of hydrogen-bond donors (Lipinski definition) is 3. The number of carbonyl (C=O) groups is 1. The molecule has 31 heavy (non-hydrogen) atoms. The summed E-state index contributed by atoms with van der Waals surface area (Å²) in [7, 11) is -0.525. The van der Waals surface area contributed by atoms with Gasteiger partial charge in [-0.2, -0.15) is 0 Å². The first-order chi connectivity index (χ1) is 14.2. The van der Waals surface area contributed by atoms with Gasteiger partial charge in [-0.15, -0.1) is 12.4 Å². The van der Waals surface area contributed by atoms with Crippen LogP contribution in [-0.2, 0) is 10.0 Å². The van der Waals surface area contributed by atoms with Crippen LogP contribution in [0.1, 0.15) is 29.7 Å². The number of sulfonamides is 1. The molecule has 0 saturated heterocycles. The summed E-state index contributed by atoms with van der Waals surface area (Å²) in [5, 5.41) is 5.46. The summed E-state index contributed by atoms with van der Waals surface area (Å²) < 4.78 is 38.0. The third-order valence-corrected chi connectivity index (χ3v) is 6.19. The highest BCUT2D eigenvalue weighted by molar-refractivity contribution is 7.89. The predicted molar refractivity (Wildman–Crippen MR) is 123 cm³/mol. The summed E-state index contributed by atoms with van der Waals surface area (Å²) in [5.41, 5.74) is 2.29. The minimum atomic E-state index is -3.65. The molecule has 10 heteroatoms. The Bertz CT molecular complexity index is 999. The number of amides is 2. The molecule has 0 aromatic heterocycles. The fourth-order valence-electron chi connectivity index (χ4n) is 2.94. The molecule has 0 aliphatic carbocycles. The normalized spacial score (nSPS) is 11.8. The second-order valence-corrected chi connectivity index (χ2v) is 8.63.